The average molecular weight is 349 g/mol. The summed E-state index contributed by atoms with van der Waals surface area (Å²) >= 11 is 0. The second-order valence-electron chi connectivity index (χ2n) is 8.33. The number of nitrogens with one attached hydrogen (secondary N) is 1. The van der Waals surface area contributed by atoms with Crippen LogP contribution in [0.25, 0.3) is 43.7 Å². The van der Waals surface area contributed by atoms with Crippen LogP contribution in [0, 0.1) is 0 Å². The lowest BCUT2D eigenvalue weighted by atomic mass is 9.79. The van der Waals surface area contributed by atoms with Crippen molar-refractivity contribution in [2.75, 3.05) is 0 Å². The van der Waals surface area contributed by atoms with Gasteiger partial charge in [0, 0.05) is 21.9 Å². The van der Waals surface area contributed by atoms with Crippen molar-refractivity contribution in [3.8, 4) is 11.1 Å². The zero-order valence-electron chi connectivity index (χ0n) is 16.0. The minimum absolute atomic E-state index is 0.0397. The average Bonchev–Trinajstić information content (AvgIpc) is 3.04. The van der Waals surface area contributed by atoms with Crippen molar-refractivity contribution in [1.29, 1.82) is 0 Å². The van der Waals surface area contributed by atoms with Crippen LogP contribution >= 0.6 is 0 Å². The van der Waals surface area contributed by atoms with Gasteiger partial charge >= 0.3 is 0 Å². The molecule has 1 N–H and O–H groups in total. The molecule has 1 nitrogen and oxygen atoms in total. The molecule has 0 saturated heterocycles. The van der Waals surface area contributed by atoms with Crippen LogP contribution in [0.3, 0.4) is 0 Å². The summed E-state index contributed by atoms with van der Waals surface area (Å²) < 4.78 is 0. The summed E-state index contributed by atoms with van der Waals surface area (Å²) in [5, 5.41) is 5.32. The first-order chi connectivity index (χ1) is 13.1. The Morgan fingerprint density at radius 2 is 1.22 bits per heavy atom. The lowest BCUT2D eigenvalue weighted by Crippen LogP contribution is -2.12. The van der Waals surface area contributed by atoms with E-state index in [1.807, 2.05) is 0 Å². The minimum atomic E-state index is 0.0397. The highest BCUT2D eigenvalue weighted by atomic mass is 14.7. The van der Waals surface area contributed by atoms with Gasteiger partial charge < -0.3 is 4.98 Å². The highest BCUT2D eigenvalue weighted by molar-refractivity contribution is 6.22. The Labute approximate surface area is 159 Å². The molecule has 5 aromatic rings. The fourth-order valence-corrected chi connectivity index (χ4v) is 4.46. The van der Waals surface area contributed by atoms with Gasteiger partial charge in [0.1, 0.15) is 0 Å². The number of rotatable bonds is 1. The number of fused-ring (bicyclic) bond motifs is 4. The molecule has 0 bridgehead atoms. The summed E-state index contributed by atoms with van der Waals surface area (Å²) in [6.45, 7) is 6.95. The molecular formula is C26H23N. The van der Waals surface area contributed by atoms with Gasteiger partial charge in [-0.3, -0.25) is 0 Å². The van der Waals surface area contributed by atoms with Crippen LogP contribution in [0.5, 0.6) is 0 Å². The third-order valence-electron chi connectivity index (χ3n) is 5.48. The van der Waals surface area contributed by atoms with E-state index < -0.39 is 0 Å². The smallest absolute Gasteiger partial charge is 0.0554 e. The number of H-pyrrole nitrogens is 1. The molecule has 0 aliphatic heterocycles. The highest BCUT2D eigenvalue weighted by Gasteiger charge is 2.25. The van der Waals surface area contributed by atoms with E-state index in [0.717, 1.165) is 0 Å². The molecule has 27 heavy (non-hydrogen) atoms. The van der Waals surface area contributed by atoms with Crippen LogP contribution in [-0.4, -0.2) is 4.98 Å². The molecule has 0 radical (unpaired) electrons. The zero-order chi connectivity index (χ0) is 18.6. The van der Waals surface area contributed by atoms with Crippen LogP contribution in [0.15, 0.2) is 78.9 Å². The van der Waals surface area contributed by atoms with E-state index in [0.29, 0.717) is 0 Å². The summed E-state index contributed by atoms with van der Waals surface area (Å²) in [7, 11) is 0. The van der Waals surface area contributed by atoms with E-state index in [-0.39, 0.29) is 5.41 Å². The fraction of sp³-hybridized carbons (Fsp3) is 0.154. The molecule has 0 spiro atoms. The Morgan fingerprint density at radius 1 is 0.630 bits per heavy atom. The molecule has 0 fully saturated rings. The Kier molecular flexibility index (Phi) is 3.42. The molecule has 132 valence electrons. The van der Waals surface area contributed by atoms with Crippen LogP contribution in [0.1, 0.15) is 26.3 Å². The first-order valence-corrected chi connectivity index (χ1v) is 9.57. The monoisotopic (exact) mass is 349 g/mol. The van der Waals surface area contributed by atoms with Crippen molar-refractivity contribution in [2.24, 2.45) is 0 Å². The summed E-state index contributed by atoms with van der Waals surface area (Å²) in [4.78, 5) is 3.75. The van der Waals surface area contributed by atoms with Gasteiger partial charge in [-0.25, -0.2) is 0 Å². The zero-order valence-corrected chi connectivity index (χ0v) is 16.0. The van der Waals surface area contributed by atoms with Gasteiger partial charge in [-0.15, -0.1) is 0 Å². The summed E-state index contributed by atoms with van der Waals surface area (Å²) in [6, 6.07) is 28.3. The lowest BCUT2D eigenvalue weighted by molar-refractivity contribution is 0.601. The van der Waals surface area contributed by atoms with Crippen molar-refractivity contribution < 1.29 is 0 Å². The fourth-order valence-electron chi connectivity index (χ4n) is 4.46. The van der Waals surface area contributed by atoms with E-state index in [9.17, 15) is 0 Å². The first-order valence-electron chi connectivity index (χ1n) is 9.57. The second-order valence-corrected chi connectivity index (χ2v) is 8.33. The molecule has 0 aliphatic carbocycles. The van der Waals surface area contributed by atoms with Crippen molar-refractivity contribution in [3.63, 3.8) is 0 Å². The lowest BCUT2D eigenvalue weighted by Gasteiger charge is -2.25. The van der Waals surface area contributed by atoms with Crippen LogP contribution < -0.4 is 0 Å². The Morgan fingerprint density at radius 3 is 1.93 bits per heavy atom. The molecule has 0 saturated carbocycles. The molecule has 0 amide bonds. The van der Waals surface area contributed by atoms with Gasteiger partial charge in [-0.2, -0.15) is 0 Å². The van der Waals surface area contributed by atoms with E-state index in [4.69, 9.17) is 0 Å². The molecule has 1 heterocycles. The van der Waals surface area contributed by atoms with Crippen molar-refractivity contribution >= 4 is 32.6 Å². The SMILES string of the molecule is CC(C)(C)c1c2ccccc2c(-c2ccccc2)c2[nH]c3ccccc3c12. The molecule has 0 aliphatic rings. The van der Waals surface area contributed by atoms with Crippen molar-refractivity contribution in [3.05, 3.63) is 84.4 Å². The number of hydrogen-bond acceptors (Lipinski definition) is 0. The Balaban J connectivity index is 2.13. The molecule has 1 aromatic heterocycles. The maximum atomic E-state index is 3.75. The third kappa shape index (κ3) is 2.39. The molecule has 4 aromatic carbocycles. The number of benzene rings is 4. The van der Waals surface area contributed by atoms with Crippen molar-refractivity contribution in [1.82, 2.24) is 4.98 Å². The third-order valence-corrected chi connectivity index (χ3v) is 5.48. The number of para-hydroxylation sites is 1. The summed E-state index contributed by atoms with van der Waals surface area (Å²) in [5.41, 5.74) is 6.45. The van der Waals surface area contributed by atoms with Gasteiger partial charge in [0.2, 0.25) is 0 Å². The van der Waals surface area contributed by atoms with Crippen LogP contribution in [0.4, 0.5) is 0 Å². The second kappa shape index (κ2) is 5.72. The van der Waals surface area contributed by atoms with E-state index >= 15 is 0 Å². The van der Waals surface area contributed by atoms with E-state index in [1.54, 1.807) is 0 Å². The van der Waals surface area contributed by atoms with Crippen LogP contribution in [0.2, 0.25) is 0 Å². The summed E-state index contributed by atoms with van der Waals surface area (Å²) in [5.74, 6) is 0. The topological polar surface area (TPSA) is 15.8 Å². The first kappa shape index (κ1) is 16.1. The number of aromatic amines is 1. The normalized spacial score (nSPS) is 12.3. The maximum absolute atomic E-state index is 3.75. The van der Waals surface area contributed by atoms with Gasteiger partial charge in [-0.05, 0) is 33.4 Å². The van der Waals surface area contributed by atoms with Gasteiger partial charge in [0.25, 0.3) is 0 Å². The largest absolute Gasteiger partial charge is 0.354 e. The van der Waals surface area contributed by atoms with Crippen LogP contribution in [-0.2, 0) is 5.41 Å². The minimum Gasteiger partial charge on any atom is -0.354 e. The standard InChI is InChI=1S/C26H23N/c1-26(2,3)24-19-14-8-7-13-18(19)22(17-11-5-4-6-12-17)25-23(24)20-15-9-10-16-21(20)27-25/h4-16,27H,1-3H3. The molecule has 0 unspecified atom stereocenters. The van der Waals surface area contributed by atoms with E-state index in [1.165, 1.54) is 49.3 Å². The van der Waals surface area contributed by atoms with E-state index in [2.05, 4.69) is 105 Å². The maximum Gasteiger partial charge on any atom is 0.0554 e. The Bertz CT molecular complexity index is 1280. The summed E-state index contributed by atoms with van der Waals surface area (Å²) in [6.07, 6.45) is 0. The van der Waals surface area contributed by atoms with Gasteiger partial charge in [0.05, 0.1) is 5.52 Å². The predicted octanol–water partition coefficient (Wildman–Crippen LogP) is 7.44. The number of aromatic nitrogens is 1. The molecule has 5 rings (SSSR count). The van der Waals surface area contributed by atoms with Gasteiger partial charge in [0.15, 0.2) is 0 Å². The predicted molar refractivity (Wildman–Crippen MR) is 117 cm³/mol. The number of hydrogen-bond donors (Lipinski definition) is 1. The Hall–Kier alpha value is -3.06. The van der Waals surface area contributed by atoms with Gasteiger partial charge in [-0.1, -0.05) is 93.6 Å². The highest BCUT2D eigenvalue weighted by Crippen LogP contribution is 2.45. The molecular weight excluding hydrogens is 326 g/mol. The molecule has 1 heteroatoms. The molecule has 0 atom stereocenters. The quantitative estimate of drug-likeness (QED) is 0.324. The van der Waals surface area contributed by atoms with Crippen molar-refractivity contribution in [2.45, 2.75) is 26.2 Å².